The smallest absolute Gasteiger partial charge is 0.142 e. The molecule has 1 aromatic carbocycles. The molecule has 0 aliphatic rings. The summed E-state index contributed by atoms with van der Waals surface area (Å²) in [4.78, 5) is 0.478. The first kappa shape index (κ1) is 11.0. The normalized spacial score (nSPS) is 12.3. The third-order valence-corrected chi connectivity index (χ3v) is 2.72. The SMILES string of the molecule is COc1ccc(S(N)=O)c(OC)c1C. The molecule has 1 rings (SSSR count). The quantitative estimate of drug-likeness (QED) is 0.818. The molecule has 1 atom stereocenters. The van der Waals surface area contributed by atoms with Crippen LogP contribution in [0, 0.1) is 6.92 Å². The highest BCUT2D eigenvalue weighted by atomic mass is 32.2. The minimum atomic E-state index is -1.54. The predicted octanol–water partition coefficient (Wildman–Crippen LogP) is 0.994. The van der Waals surface area contributed by atoms with E-state index in [1.807, 2.05) is 6.92 Å². The summed E-state index contributed by atoms with van der Waals surface area (Å²) in [6, 6.07) is 3.36. The van der Waals surface area contributed by atoms with E-state index in [0.29, 0.717) is 16.4 Å². The molecule has 0 spiro atoms. The summed E-state index contributed by atoms with van der Waals surface area (Å²) >= 11 is 0. The molecule has 0 aromatic heterocycles. The van der Waals surface area contributed by atoms with Crippen molar-refractivity contribution in [2.45, 2.75) is 11.8 Å². The fourth-order valence-electron chi connectivity index (χ4n) is 1.28. The van der Waals surface area contributed by atoms with Gasteiger partial charge in [0.05, 0.1) is 19.1 Å². The maximum Gasteiger partial charge on any atom is 0.142 e. The Balaban J connectivity index is 3.35. The van der Waals surface area contributed by atoms with Gasteiger partial charge in [-0.1, -0.05) is 0 Å². The van der Waals surface area contributed by atoms with Gasteiger partial charge in [-0.2, -0.15) is 0 Å². The van der Waals surface area contributed by atoms with Crippen molar-refractivity contribution >= 4 is 11.0 Å². The van der Waals surface area contributed by atoms with Crippen LogP contribution in [0.2, 0.25) is 0 Å². The van der Waals surface area contributed by atoms with Crippen LogP contribution in [0.4, 0.5) is 0 Å². The molecule has 1 aromatic rings. The zero-order valence-electron chi connectivity index (χ0n) is 8.37. The van der Waals surface area contributed by atoms with Gasteiger partial charge >= 0.3 is 0 Å². The highest BCUT2D eigenvalue weighted by Gasteiger charge is 2.13. The van der Waals surface area contributed by atoms with Gasteiger partial charge in [0.2, 0.25) is 0 Å². The van der Waals surface area contributed by atoms with E-state index in [-0.39, 0.29) is 0 Å². The van der Waals surface area contributed by atoms with E-state index in [0.717, 1.165) is 5.56 Å². The molecule has 1 unspecified atom stereocenters. The lowest BCUT2D eigenvalue weighted by Gasteiger charge is -2.12. The van der Waals surface area contributed by atoms with Gasteiger partial charge in [0.1, 0.15) is 22.5 Å². The Morgan fingerprint density at radius 3 is 2.36 bits per heavy atom. The highest BCUT2D eigenvalue weighted by molar-refractivity contribution is 7.82. The predicted molar refractivity (Wildman–Crippen MR) is 54.9 cm³/mol. The van der Waals surface area contributed by atoms with Gasteiger partial charge in [-0.3, -0.25) is 0 Å². The Hall–Kier alpha value is -1.07. The first-order chi connectivity index (χ1) is 6.61. The molecule has 2 N–H and O–H groups in total. The first-order valence-electron chi connectivity index (χ1n) is 3.99. The van der Waals surface area contributed by atoms with Gasteiger partial charge in [-0.15, -0.1) is 0 Å². The van der Waals surface area contributed by atoms with Gasteiger partial charge in [0.15, 0.2) is 0 Å². The van der Waals surface area contributed by atoms with E-state index >= 15 is 0 Å². The van der Waals surface area contributed by atoms with Crippen LogP contribution < -0.4 is 14.6 Å². The second-order valence-corrected chi connectivity index (χ2v) is 3.76. The van der Waals surface area contributed by atoms with E-state index in [4.69, 9.17) is 14.6 Å². The maximum absolute atomic E-state index is 11.1. The van der Waals surface area contributed by atoms with E-state index < -0.39 is 11.0 Å². The molecule has 0 aliphatic heterocycles. The molecule has 0 saturated heterocycles. The molecular formula is C9H13NO3S. The van der Waals surface area contributed by atoms with E-state index in [9.17, 15) is 4.21 Å². The van der Waals surface area contributed by atoms with Gasteiger partial charge < -0.3 is 9.47 Å². The van der Waals surface area contributed by atoms with Crippen molar-refractivity contribution in [2.24, 2.45) is 5.14 Å². The van der Waals surface area contributed by atoms with Crippen molar-refractivity contribution in [3.8, 4) is 11.5 Å². The maximum atomic E-state index is 11.1. The minimum absolute atomic E-state index is 0.478. The lowest BCUT2D eigenvalue weighted by atomic mass is 10.2. The van der Waals surface area contributed by atoms with Crippen LogP contribution in [-0.4, -0.2) is 18.4 Å². The summed E-state index contributed by atoms with van der Waals surface area (Å²) in [6.45, 7) is 1.83. The van der Waals surface area contributed by atoms with Crippen LogP contribution in [0.5, 0.6) is 11.5 Å². The number of ether oxygens (including phenoxy) is 2. The number of hydrogen-bond donors (Lipinski definition) is 1. The summed E-state index contributed by atoms with van der Waals surface area (Å²) in [7, 11) is 1.54. The average molecular weight is 215 g/mol. The van der Waals surface area contributed by atoms with Crippen LogP contribution in [-0.2, 0) is 11.0 Å². The monoisotopic (exact) mass is 215 g/mol. The summed E-state index contributed by atoms with van der Waals surface area (Å²) in [5.74, 6) is 1.21. The zero-order valence-corrected chi connectivity index (χ0v) is 9.18. The highest BCUT2D eigenvalue weighted by Crippen LogP contribution is 2.32. The molecule has 78 valence electrons. The fourth-order valence-corrected chi connectivity index (χ4v) is 1.90. The number of methoxy groups -OCH3 is 2. The van der Waals surface area contributed by atoms with Crippen LogP contribution in [0.25, 0.3) is 0 Å². The van der Waals surface area contributed by atoms with E-state index in [1.54, 1.807) is 19.2 Å². The van der Waals surface area contributed by atoms with Gasteiger partial charge in [0, 0.05) is 5.56 Å². The number of benzene rings is 1. The van der Waals surface area contributed by atoms with Crippen LogP contribution >= 0.6 is 0 Å². The molecule has 0 radical (unpaired) electrons. The molecule has 0 fully saturated rings. The molecular weight excluding hydrogens is 202 g/mol. The Morgan fingerprint density at radius 2 is 1.93 bits per heavy atom. The molecule has 0 heterocycles. The van der Waals surface area contributed by atoms with Gasteiger partial charge in [-0.25, -0.2) is 9.35 Å². The zero-order chi connectivity index (χ0) is 10.7. The summed E-state index contributed by atoms with van der Waals surface area (Å²) in [5, 5.41) is 5.30. The molecule has 0 bridgehead atoms. The molecule has 0 amide bonds. The number of nitrogens with two attached hydrogens (primary N) is 1. The Morgan fingerprint density at radius 1 is 1.29 bits per heavy atom. The minimum Gasteiger partial charge on any atom is -0.496 e. The summed E-state index contributed by atoms with van der Waals surface area (Å²) in [5.41, 5.74) is 0.798. The van der Waals surface area contributed by atoms with Crippen LogP contribution in [0.15, 0.2) is 17.0 Å². The Bertz CT molecular complexity index is 365. The average Bonchev–Trinajstić information content (AvgIpc) is 2.17. The van der Waals surface area contributed by atoms with E-state index in [2.05, 4.69) is 0 Å². The van der Waals surface area contributed by atoms with E-state index in [1.165, 1.54) is 7.11 Å². The second kappa shape index (κ2) is 4.43. The van der Waals surface area contributed by atoms with Crippen molar-refractivity contribution in [3.05, 3.63) is 17.7 Å². The standard InChI is InChI=1S/C9H13NO3S/c1-6-7(12-2)4-5-8(14(10)11)9(6)13-3/h4-5H,10H2,1-3H3. The largest absolute Gasteiger partial charge is 0.496 e. The lowest BCUT2D eigenvalue weighted by Crippen LogP contribution is -2.06. The molecule has 4 nitrogen and oxygen atoms in total. The van der Waals surface area contributed by atoms with Crippen molar-refractivity contribution < 1.29 is 13.7 Å². The van der Waals surface area contributed by atoms with Crippen molar-refractivity contribution in [1.29, 1.82) is 0 Å². The van der Waals surface area contributed by atoms with Crippen molar-refractivity contribution in [2.75, 3.05) is 14.2 Å². The Labute approximate surface area is 85.6 Å². The summed E-state index contributed by atoms with van der Waals surface area (Å²) in [6.07, 6.45) is 0. The van der Waals surface area contributed by atoms with Gasteiger partial charge in [0.25, 0.3) is 0 Å². The third kappa shape index (κ3) is 1.88. The summed E-state index contributed by atoms with van der Waals surface area (Å²) < 4.78 is 21.4. The molecule has 14 heavy (non-hydrogen) atoms. The van der Waals surface area contributed by atoms with Crippen LogP contribution in [0.1, 0.15) is 5.56 Å². The van der Waals surface area contributed by atoms with Crippen molar-refractivity contribution in [1.82, 2.24) is 0 Å². The number of hydrogen-bond acceptors (Lipinski definition) is 3. The second-order valence-electron chi connectivity index (χ2n) is 2.72. The first-order valence-corrected chi connectivity index (χ1v) is 5.20. The van der Waals surface area contributed by atoms with Crippen LogP contribution in [0.3, 0.4) is 0 Å². The number of rotatable bonds is 3. The molecule has 0 aliphatic carbocycles. The lowest BCUT2D eigenvalue weighted by molar-refractivity contribution is 0.381. The van der Waals surface area contributed by atoms with Gasteiger partial charge in [-0.05, 0) is 19.1 Å². The Kier molecular flexibility index (Phi) is 3.49. The fraction of sp³-hybridized carbons (Fsp3) is 0.333. The van der Waals surface area contributed by atoms with Crippen molar-refractivity contribution in [3.63, 3.8) is 0 Å². The topological polar surface area (TPSA) is 61.5 Å². The third-order valence-electron chi connectivity index (χ3n) is 1.96. The molecule has 0 saturated carbocycles. The molecule has 5 heteroatoms.